The smallest absolute Gasteiger partial charge is 0.323 e. The molecule has 0 saturated carbocycles. The molecule has 0 radical (unpaired) electrons. The maximum absolute atomic E-state index is 12.5. The quantitative estimate of drug-likeness (QED) is 0.186. The molecule has 5 rings (SSSR count). The van der Waals surface area contributed by atoms with Crippen LogP contribution in [0, 0.1) is 0 Å². The topological polar surface area (TPSA) is 174 Å². The molecule has 1 aromatic carbocycles. The highest BCUT2D eigenvalue weighted by atomic mass is 32.5. The molecule has 0 unspecified atom stereocenters. The van der Waals surface area contributed by atoms with Crippen LogP contribution >= 0.6 is 6.64 Å². The summed E-state index contributed by atoms with van der Waals surface area (Å²) in [6, 6.07) is 8.07. The van der Waals surface area contributed by atoms with Crippen LogP contribution in [0.5, 0.6) is 11.6 Å². The second kappa shape index (κ2) is 12.4. The number of ether oxygens (including phenoxy) is 4. The highest BCUT2D eigenvalue weighted by Gasteiger charge is 2.61. The SMILES string of the molecule is CCOc1nc(N)nc2c1ncn2C[C@@H]1O[C@@]2(CO[P@](=S)(N[C@H](C)C(=O)OC(C)C)Oc3ccccc3)CO[C@@H]1[C@@H]2O. The lowest BCUT2D eigenvalue weighted by Crippen LogP contribution is -2.46. The molecule has 2 aliphatic heterocycles. The molecule has 2 fully saturated rings. The van der Waals surface area contributed by atoms with Crippen LogP contribution in [0.1, 0.15) is 27.7 Å². The Labute approximate surface area is 248 Å². The van der Waals surface area contributed by atoms with Gasteiger partial charge in [0.05, 0.1) is 38.8 Å². The van der Waals surface area contributed by atoms with Crippen molar-refractivity contribution in [1.82, 2.24) is 24.6 Å². The first-order valence-corrected chi connectivity index (χ1v) is 16.2. The number of hydrogen-bond donors (Lipinski definition) is 3. The lowest BCUT2D eigenvalue weighted by Gasteiger charge is -2.33. The van der Waals surface area contributed by atoms with Crippen molar-refractivity contribution in [3.05, 3.63) is 36.7 Å². The van der Waals surface area contributed by atoms with Gasteiger partial charge in [0.1, 0.15) is 35.7 Å². The predicted octanol–water partition coefficient (Wildman–Crippen LogP) is 1.95. The van der Waals surface area contributed by atoms with Gasteiger partial charge in [0.2, 0.25) is 11.8 Å². The van der Waals surface area contributed by atoms with E-state index in [0.29, 0.717) is 23.5 Å². The van der Waals surface area contributed by atoms with E-state index in [1.54, 1.807) is 55.9 Å². The number of para-hydroxylation sites is 1. The number of aliphatic hydroxyl groups excluding tert-OH is 1. The third-order valence-corrected chi connectivity index (χ3v) is 9.21. The van der Waals surface area contributed by atoms with E-state index in [0.717, 1.165) is 0 Å². The Morgan fingerprint density at radius 1 is 1.31 bits per heavy atom. The van der Waals surface area contributed by atoms with Gasteiger partial charge in [-0.25, -0.2) is 10.1 Å². The number of esters is 1. The molecule has 2 bridgehead atoms. The number of aliphatic hydroxyl groups is 1. The second-order valence-corrected chi connectivity index (χ2v) is 13.5. The lowest BCUT2D eigenvalue weighted by atomic mass is 10.00. The third kappa shape index (κ3) is 6.37. The fraction of sp³-hybridized carbons (Fsp3) is 0.538. The van der Waals surface area contributed by atoms with Crippen LogP contribution < -0.4 is 20.1 Å². The van der Waals surface area contributed by atoms with Crippen molar-refractivity contribution in [2.24, 2.45) is 0 Å². The fourth-order valence-electron chi connectivity index (χ4n) is 4.83. The first-order chi connectivity index (χ1) is 20.0. The maximum atomic E-state index is 12.5. The van der Waals surface area contributed by atoms with Gasteiger partial charge in [0, 0.05) is 0 Å². The van der Waals surface area contributed by atoms with E-state index in [2.05, 4.69) is 20.0 Å². The Morgan fingerprint density at radius 3 is 2.79 bits per heavy atom. The molecule has 4 N–H and O–H groups in total. The number of nitrogens with one attached hydrogen (secondary N) is 1. The van der Waals surface area contributed by atoms with Crippen LogP contribution in [0.3, 0.4) is 0 Å². The fourth-order valence-corrected chi connectivity index (χ4v) is 7.26. The molecule has 0 spiro atoms. The van der Waals surface area contributed by atoms with Crippen molar-refractivity contribution < 1.29 is 37.9 Å². The number of benzene rings is 1. The zero-order valence-corrected chi connectivity index (χ0v) is 25.4. The largest absolute Gasteiger partial charge is 0.476 e. The average Bonchev–Trinajstić information content (AvgIpc) is 3.56. The Morgan fingerprint density at radius 2 is 2.07 bits per heavy atom. The van der Waals surface area contributed by atoms with Gasteiger partial charge in [-0.1, -0.05) is 18.2 Å². The van der Waals surface area contributed by atoms with Gasteiger partial charge < -0.3 is 43.4 Å². The Hall–Kier alpha value is -2.91. The van der Waals surface area contributed by atoms with E-state index in [-0.39, 0.29) is 37.7 Å². The molecule has 16 heteroatoms. The van der Waals surface area contributed by atoms with Crippen LogP contribution in [0.4, 0.5) is 5.95 Å². The number of nitrogens with two attached hydrogens (primary N) is 1. The summed E-state index contributed by atoms with van der Waals surface area (Å²) in [6.45, 7) is 4.19. The monoisotopic (exact) mass is 622 g/mol. The summed E-state index contributed by atoms with van der Waals surface area (Å²) in [5.74, 6) is 0.299. The van der Waals surface area contributed by atoms with Crippen molar-refractivity contribution >= 4 is 41.5 Å². The summed E-state index contributed by atoms with van der Waals surface area (Å²) in [5.41, 5.74) is 5.61. The molecular weight excluding hydrogens is 587 g/mol. The number of nitrogens with zero attached hydrogens (tertiary/aromatic N) is 4. The first kappa shape index (κ1) is 30.5. The molecule has 0 amide bonds. The zero-order valence-electron chi connectivity index (χ0n) is 23.7. The average molecular weight is 623 g/mol. The summed E-state index contributed by atoms with van der Waals surface area (Å²) in [6.07, 6.45) is -0.942. The molecule has 2 saturated heterocycles. The van der Waals surface area contributed by atoms with Crippen molar-refractivity contribution in [2.45, 2.75) is 70.3 Å². The molecule has 42 heavy (non-hydrogen) atoms. The minimum absolute atomic E-state index is 0.0471. The molecule has 228 valence electrons. The molecule has 2 aliphatic rings. The van der Waals surface area contributed by atoms with Gasteiger partial charge in [-0.05, 0) is 51.6 Å². The molecule has 6 atom stereocenters. The standard InChI is InChI=1S/C26H35N6O8PS/c1-5-35-23-19-22(29-25(27)30-23)32(14-28-19)11-18-20-21(33)26(39-18,12-36-20)13-37-41(42,40-17-9-7-6-8-10-17)31-16(4)24(34)38-15(2)3/h6-10,14-16,18,20-21,33H,5,11-13H2,1-4H3,(H,31,42)(H2,27,29,30)/t16-,18+,20+,21+,26-,41-/m1/s1. The van der Waals surface area contributed by atoms with Gasteiger partial charge in [-0.2, -0.15) is 9.97 Å². The first-order valence-electron chi connectivity index (χ1n) is 13.6. The highest BCUT2D eigenvalue weighted by molar-refractivity contribution is 8.09. The molecule has 4 heterocycles. The van der Waals surface area contributed by atoms with Crippen LogP contribution in [0.25, 0.3) is 11.2 Å². The second-order valence-electron chi connectivity index (χ2n) is 10.3. The molecule has 14 nitrogen and oxygen atoms in total. The van der Waals surface area contributed by atoms with Crippen molar-refractivity contribution in [1.29, 1.82) is 0 Å². The van der Waals surface area contributed by atoms with Gasteiger partial charge >= 0.3 is 12.6 Å². The number of imidazole rings is 1. The minimum Gasteiger partial charge on any atom is -0.476 e. The van der Waals surface area contributed by atoms with Crippen LogP contribution in [0.15, 0.2) is 36.7 Å². The highest BCUT2D eigenvalue weighted by Crippen LogP contribution is 2.49. The molecule has 3 aromatic rings. The van der Waals surface area contributed by atoms with Crippen molar-refractivity contribution in [2.75, 3.05) is 25.6 Å². The summed E-state index contributed by atoms with van der Waals surface area (Å²) in [4.78, 5) is 25.4. The lowest BCUT2D eigenvalue weighted by molar-refractivity contribution is -0.161. The van der Waals surface area contributed by atoms with Crippen molar-refractivity contribution in [3.8, 4) is 11.6 Å². The number of fused-ring (bicyclic) bond motifs is 3. The Kier molecular flexibility index (Phi) is 8.99. The minimum atomic E-state index is -3.36. The maximum Gasteiger partial charge on any atom is 0.323 e. The van der Waals surface area contributed by atoms with Crippen LogP contribution in [-0.2, 0) is 41.9 Å². The number of aromatic nitrogens is 4. The Balaban J connectivity index is 1.32. The molecule has 0 aliphatic carbocycles. The third-order valence-electron chi connectivity index (χ3n) is 6.73. The number of anilines is 1. The van der Waals surface area contributed by atoms with E-state index < -0.39 is 42.6 Å². The summed E-state index contributed by atoms with van der Waals surface area (Å²) in [5, 5.41) is 14.2. The number of nitrogen functional groups attached to an aromatic ring is 1. The van der Waals surface area contributed by atoms with Gasteiger partial charge in [-0.3, -0.25) is 4.79 Å². The van der Waals surface area contributed by atoms with Gasteiger partial charge in [0.15, 0.2) is 11.2 Å². The zero-order chi connectivity index (χ0) is 30.1. The van der Waals surface area contributed by atoms with Gasteiger partial charge in [0.25, 0.3) is 0 Å². The van der Waals surface area contributed by atoms with E-state index in [1.807, 2.05) is 13.0 Å². The predicted molar refractivity (Wildman–Crippen MR) is 155 cm³/mol. The van der Waals surface area contributed by atoms with E-state index in [9.17, 15) is 9.90 Å². The van der Waals surface area contributed by atoms with E-state index >= 15 is 0 Å². The summed E-state index contributed by atoms with van der Waals surface area (Å²) >= 11 is 5.82. The van der Waals surface area contributed by atoms with Crippen LogP contribution in [0.2, 0.25) is 0 Å². The van der Waals surface area contributed by atoms with E-state index in [4.69, 9.17) is 45.5 Å². The molecular formula is C26H35N6O8PS. The summed E-state index contributed by atoms with van der Waals surface area (Å²) in [7, 11) is 0. The van der Waals surface area contributed by atoms with E-state index in [1.165, 1.54) is 0 Å². The normalized spacial score (nSPS) is 25.4. The van der Waals surface area contributed by atoms with Crippen molar-refractivity contribution in [3.63, 3.8) is 0 Å². The summed E-state index contributed by atoms with van der Waals surface area (Å²) < 4.78 is 37.2. The Bertz CT molecular complexity index is 1460. The number of rotatable bonds is 13. The number of hydrogen-bond acceptors (Lipinski definition) is 13. The van der Waals surface area contributed by atoms with Crippen LogP contribution in [-0.4, -0.2) is 86.5 Å². The number of carbonyl (C=O) groups excluding carboxylic acids is 1. The molecule has 2 aromatic heterocycles. The number of carbonyl (C=O) groups is 1. The van der Waals surface area contributed by atoms with Gasteiger partial charge in [-0.15, -0.1) is 0 Å².